The summed E-state index contributed by atoms with van der Waals surface area (Å²) >= 11 is 17.9. The smallest absolute Gasteiger partial charge is 0.294 e. The highest BCUT2D eigenvalue weighted by atomic mass is 35.5. The number of rotatable bonds is 5. The van der Waals surface area contributed by atoms with Crippen molar-refractivity contribution in [2.75, 3.05) is 0 Å². The molecule has 28 heavy (non-hydrogen) atoms. The van der Waals surface area contributed by atoms with Crippen LogP contribution in [0.2, 0.25) is 15.1 Å². The number of hydrogen-bond acceptors (Lipinski definition) is 2. The van der Waals surface area contributed by atoms with Crippen LogP contribution in [0.15, 0.2) is 48.7 Å². The van der Waals surface area contributed by atoms with Crippen LogP contribution in [-0.4, -0.2) is 15.6 Å². The van der Waals surface area contributed by atoms with Crippen molar-refractivity contribution in [3.8, 4) is 0 Å². The van der Waals surface area contributed by atoms with Crippen LogP contribution in [0.3, 0.4) is 0 Å². The first-order valence-corrected chi connectivity index (χ1v) is 9.13. The number of carbonyl (C=O) groups is 1. The minimum Gasteiger partial charge on any atom is -0.294 e. The minimum atomic E-state index is -4.51. The number of benzene rings is 2. The fourth-order valence-corrected chi connectivity index (χ4v) is 3.55. The van der Waals surface area contributed by atoms with Gasteiger partial charge >= 0.3 is 6.18 Å². The molecule has 0 aliphatic rings. The Morgan fingerprint density at radius 1 is 1.04 bits per heavy atom. The third-order valence-electron chi connectivity index (χ3n) is 3.98. The fourth-order valence-electron chi connectivity index (χ4n) is 2.75. The molecule has 3 aromatic rings. The van der Waals surface area contributed by atoms with Gasteiger partial charge in [0.25, 0.3) is 0 Å². The van der Waals surface area contributed by atoms with Crippen LogP contribution in [0.5, 0.6) is 0 Å². The Labute approximate surface area is 173 Å². The fraction of sp³-hybridized carbons (Fsp3) is 0.158. The zero-order chi connectivity index (χ0) is 20.5. The number of alkyl halides is 3. The van der Waals surface area contributed by atoms with Crippen molar-refractivity contribution >= 4 is 40.6 Å². The van der Waals surface area contributed by atoms with Crippen molar-refractivity contribution in [3.63, 3.8) is 0 Å². The number of aromatic nitrogens is 2. The van der Waals surface area contributed by atoms with E-state index in [1.54, 1.807) is 24.3 Å². The van der Waals surface area contributed by atoms with Crippen LogP contribution >= 0.6 is 34.8 Å². The van der Waals surface area contributed by atoms with Gasteiger partial charge in [-0.3, -0.25) is 9.48 Å². The second kappa shape index (κ2) is 8.15. The van der Waals surface area contributed by atoms with Gasteiger partial charge in [0, 0.05) is 11.2 Å². The van der Waals surface area contributed by atoms with Gasteiger partial charge in [0.1, 0.15) is 0 Å². The van der Waals surface area contributed by atoms with Crippen LogP contribution < -0.4 is 0 Å². The first kappa shape index (κ1) is 20.7. The Bertz CT molecular complexity index is 1010. The summed E-state index contributed by atoms with van der Waals surface area (Å²) in [5, 5.41) is 4.83. The lowest BCUT2D eigenvalue weighted by Gasteiger charge is -2.13. The molecule has 9 heteroatoms. The van der Waals surface area contributed by atoms with Crippen molar-refractivity contribution in [3.05, 3.63) is 86.1 Å². The maximum Gasteiger partial charge on any atom is 0.416 e. The molecule has 146 valence electrons. The molecule has 0 unspecified atom stereocenters. The first-order chi connectivity index (χ1) is 13.1. The maximum absolute atomic E-state index is 13.2. The van der Waals surface area contributed by atoms with Gasteiger partial charge < -0.3 is 0 Å². The maximum atomic E-state index is 13.2. The molecule has 0 radical (unpaired) electrons. The highest BCUT2D eigenvalue weighted by Crippen LogP contribution is 2.33. The molecule has 0 N–H and O–H groups in total. The van der Waals surface area contributed by atoms with Crippen molar-refractivity contribution in [2.24, 2.45) is 0 Å². The molecule has 0 bridgehead atoms. The van der Waals surface area contributed by atoms with Gasteiger partial charge in [-0.2, -0.15) is 18.3 Å². The normalized spacial score (nSPS) is 11.6. The van der Waals surface area contributed by atoms with Gasteiger partial charge in [-0.05, 0) is 42.0 Å². The van der Waals surface area contributed by atoms with E-state index in [1.165, 1.54) is 23.0 Å². The molecular formula is C19H12Cl3F3N2O. The highest BCUT2D eigenvalue weighted by molar-refractivity contribution is 6.39. The van der Waals surface area contributed by atoms with E-state index < -0.39 is 11.7 Å². The van der Waals surface area contributed by atoms with Gasteiger partial charge in [0.15, 0.2) is 5.78 Å². The third-order valence-corrected chi connectivity index (χ3v) is 4.85. The lowest BCUT2D eigenvalue weighted by molar-refractivity contribution is -0.138. The second-order valence-electron chi connectivity index (χ2n) is 6.00. The summed E-state index contributed by atoms with van der Waals surface area (Å²) in [4.78, 5) is 12.5. The van der Waals surface area contributed by atoms with Crippen LogP contribution in [-0.2, 0) is 19.1 Å². The molecule has 0 aliphatic carbocycles. The average molecular weight is 448 g/mol. The zero-order valence-corrected chi connectivity index (χ0v) is 16.4. The Morgan fingerprint density at radius 3 is 2.36 bits per heavy atom. The molecule has 1 heterocycles. The van der Waals surface area contributed by atoms with Crippen LogP contribution in [0, 0.1) is 0 Å². The van der Waals surface area contributed by atoms with Gasteiger partial charge in [-0.15, -0.1) is 0 Å². The number of hydrogen-bond donors (Lipinski definition) is 0. The Morgan fingerprint density at radius 2 is 1.71 bits per heavy atom. The molecule has 0 amide bonds. The molecule has 2 aromatic carbocycles. The molecule has 0 atom stereocenters. The molecule has 0 aliphatic heterocycles. The van der Waals surface area contributed by atoms with E-state index in [9.17, 15) is 18.0 Å². The van der Waals surface area contributed by atoms with Gasteiger partial charge in [-0.1, -0.05) is 40.9 Å². The summed E-state index contributed by atoms with van der Waals surface area (Å²) in [6.07, 6.45) is -3.09. The van der Waals surface area contributed by atoms with E-state index >= 15 is 0 Å². The lowest BCUT2D eigenvalue weighted by Crippen LogP contribution is -2.12. The average Bonchev–Trinajstić information content (AvgIpc) is 3.00. The quantitative estimate of drug-likeness (QED) is 0.428. The number of carbonyl (C=O) groups excluding carboxylic acids is 1. The van der Waals surface area contributed by atoms with E-state index in [0.29, 0.717) is 5.69 Å². The summed E-state index contributed by atoms with van der Waals surface area (Å²) in [7, 11) is 0. The summed E-state index contributed by atoms with van der Waals surface area (Å²) in [5.74, 6) is -0.334. The first-order valence-electron chi connectivity index (χ1n) is 8.00. The van der Waals surface area contributed by atoms with E-state index in [2.05, 4.69) is 5.10 Å². The summed E-state index contributed by atoms with van der Waals surface area (Å²) in [5.41, 5.74) is -0.228. The number of nitrogens with zero attached hydrogens (tertiary/aromatic N) is 2. The third kappa shape index (κ3) is 4.69. The van der Waals surface area contributed by atoms with Gasteiger partial charge in [-0.25, -0.2) is 0 Å². The van der Waals surface area contributed by atoms with E-state index in [-0.39, 0.29) is 44.9 Å². The Hall–Kier alpha value is -2.02. The molecule has 0 saturated carbocycles. The molecule has 0 spiro atoms. The number of Topliss-reactive ketones (excluding diaryl/α,β-unsaturated/α-hetero) is 1. The van der Waals surface area contributed by atoms with Crippen LogP contribution in [0.4, 0.5) is 13.2 Å². The Balaban J connectivity index is 1.81. The Kier molecular flexibility index (Phi) is 6.03. The van der Waals surface area contributed by atoms with Crippen LogP contribution in [0.25, 0.3) is 0 Å². The summed E-state index contributed by atoms with van der Waals surface area (Å²) in [6, 6.07) is 9.66. The highest BCUT2D eigenvalue weighted by Gasteiger charge is 2.33. The van der Waals surface area contributed by atoms with E-state index in [4.69, 9.17) is 34.8 Å². The molecule has 1 aromatic heterocycles. The molecule has 0 fully saturated rings. The lowest BCUT2D eigenvalue weighted by atomic mass is 10.1. The van der Waals surface area contributed by atoms with Crippen molar-refractivity contribution in [1.82, 2.24) is 9.78 Å². The molecule has 0 saturated heterocycles. The summed E-state index contributed by atoms with van der Waals surface area (Å²) < 4.78 is 40.9. The second-order valence-corrected chi connectivity index (χ2v) is 7.25. The van der Waals surface area contributed by atoms with E-state index in [0.717, 1.165) is 6.07 Å². The predicted octanol–water partition coefficient (Wildman–Crippen LogP) is 6.34. The van der Waals surface area contributed by atoms with Gasteiger partial charge in [0.05, 0.1) is 39.8 Å². The summed E-state index contributed by atoms with van der Waals surface area (Å²) in [6.45, 7) is -0.142. The monoisotopic (exact) mass is 446 g/mol. The molecule has 3 rings (SSSR count). The van der Waals surface area contributed by atoms with Crippen molar-refractivity contribution in [2.45, 2.75) is 19.1 Å². The van der Waals surface area contributed by atoms with Crippen molar-refractivity contribution in [1.29, 1.82) is 0 Å². The zero-order valence-electron chi connectivity index (χ0n) is 14.1. The topological polar surface area (TPSA) is 34.9 Å². The van der Waals surface area contributed by atoms with E-state index in [1.807, 2.05) is 0 Å². The number of ketones is 1. The SMILES string of the molecule is O=C(Cc1ccn(Cc2cc(Cl)ccc2C(F)(F)F)n1)c1c(Cl)cccc1Cl. The van der Waals surface area contributed by atoms with Crippen molar-refractivity contribution < 1.29 is 18.0 Å². The largest absolute Gasteiger partial charge is 0.416 e. The minimum absolute atomic E-state index is 0.0184. The molecule has 3 nitrogen and oxygen atoms in total. The number of halogens is 6. The molecular weight excluding hydrogens is 436 g/mol. The van der Waals surface area contributed by atoms with Crippen LogP contribution in [0.1, 0.15) is 27.2 Å². The predicted molar refractivity (Wildman–Crippen MR) is 102 cm³/mol. The standard InChI is InChI=1S/C19H12Cl3F3N2O/c20-12-4-5-14(19(23,24)25)11(8-12)10-27-7-6-13(26-27)9-17(28)18-15(21)2-1-3-16(18)22/h1-8H,9-10H2. The van der Waals surface area contributed by atoms with Gasteiger partial charge in [0.2, 0.25) is 0 Å².